The number of carbonyl (C=O) groups is 1. The maximum atomic E-state index is 11.9. The van der Waals surface area contributed by atoms with Crippen molar-refractivity contribution < 1.29 is 27.6 Å². The third kappa shape index (κ3) is 1.55. The Hall–Kier alpha value is -1.73. The average molecular weight is 197 g/mol. The number of alkyl halides is 3. The van der Waals surface area contributed by atoms with Gasteiger partial charge < -0.3 is 9.63 Å². The normalized spacial score (nSPS) is 11.6. The van der Waals surface area contributed by atoms with Crippen LogP contribution >= 0.6 is 0 Å². The molecule has 72 valence electrons. The van der Waals surface area contributed by atoms with Crippen LogP contribution in [0.4, 0.5) is 13.2 Å². The van der Waals surface area contributed by atoms with Gasteiger partial charge in [0.05, 0.1) is 0 Å². The molecule has 0 atom stereocenters. The van der Waals surface area contributed by atoms with Gasteiger partial charge in [-0.3, -0.25) is 4.79 Å². The van der Waals surface area contributed by atoms with Crippen molar-refractivity contribution in [3.8, 4) is 0 Å². The minimum Gasteiger partial charge on any atom is -0.477 e. The van der Waals surface area contributed by atoms with E-state index < -0.39 is 29.0 Å². The predicted molar refractivity (Wildman–Crippen MR) is 31.3 cm³/mol. The molecule has 8 heteroatoms. The van der Waals surface area contributed by atoms with Crippen LogP contribution in [0.25, 0.3) is 0 Å². The molecule has 0 aliphatic heterocycles. The van der Waals surface area contributed by atoms with Crippen molar-refractivity contribution in [2.24, 2.45) is 0 Å². The fourth-order valence-corrected chi connectivity index (χ4v) is 0.696. The molecule has 1 aromatic rings. The quantitative estimate of drug-likeness (QED) is 0.693. The lowest BCUT2D eigenvalue weighted by atomic mass is 10.2. The maximum absolute atomic E-state index is 11.9. The summed E-state index contributed by atoms with van der Waals surface area (Å²) >= 11 is 0. The molecule has 0 aliphatic rings. The smallest absolute Gasteiger partial charge is 0.453 e. The zero-order valence-corrected chi connectivity index (χ0v) is 5.81. The molecule has 0 saturated carbocycles. The number of hydrogen-bond donors (Lipinski definition) is 2. The minimum atomic E-state index is -4.99. The van der Waals surface area contributed by atoms with Crippen molar-refractivity contribution in [2.75, 3.05) is 0 Å². The molecule has 1 rings (SSSR count). The number of aromatic nitrogens is 1. The highest BCUT2D eigenvalue weighted by molar-refractivity contribution is 5.88. The van der Waals surface area contributed by atoms with Gasteiger partial charge >= 0.3 is 12.1 Å². The standard InChI is InChI=1S/C5H2F3NO4/c6-5(7,8)2-1(4(11)12)3(10)9-13-2/h(H,9,10)(H,11,12). The van der Waals surface area contributed by atoms with E-state index in [-0.39, 0.29) is 0 Å². The lowest BCUT2D eigenvalue weighted by Crippen LogP contribution is -2.17. The molecule has 2 N–H and O–H groups in total. The lowest BCUT2D eigenvalue weighted by Gasteiger charge is -2.00. The van der Waals surface area contributed by atoms with Crippen molar-refractivity contribution in [3.63, 3.8) is 0 Å². The summed E-state index contributed by atoms with van der Waals surface area (Å²) in [7, 11) is 0. The zero-order chi connectivity index (χ0) is 10.2. The van der Waals surface area contributed by atoms with E-state index in [1.54, 1.807) is 0 Å². The van der Waals surface area contributed by atoms with Gasteiger partial charge in [-0.15, -0.1) is 0 Å². The van der Waals surface area contributed by atoms with Gasteiger partial charge in [-0.05, 0) is 0 Å². The van der Waals surface area contributed by atoms with Crippen LogP contribution in [0.1, 0.15) is 16.1 Å². The molecule has 0 bridgehead atoms. The van der Waals surface area contributed by atoms with Crippen molar-refractivity contribution >= 4 is 5.97 Å². The Balaban J connectivity index is 3.40. The van der Waals surface area contributed by atoms with Gasteiger partial charge in [0.2, 0.25) is 0 Å². The van der Waals surface area contributed by atoms with E-state index in [4.69, 9.17) is 5.11 Å². The Morgan fingerprint density at radius 3 is 2.31 bits per heavy atom. The average Bonchev–Trinajstić information content (AvgIpc) is 2.28. The van der Waals surface area contributed by atoms with Crippen molar-refractivity contribution in [2.45, 2.75) is 6.18 Å². The van der Waals surface area contributed by atoms with Crippen LogP contribution in [-0.4, -0.2) is 16.2 Å². The molecule has 0 radical (unpaired) electrons. The number of rotatable bonds is 1. The number of hydrogen-bond acceptors (Lipinski definition) is 3. The Kier molecular flexibility index (Phi) is 1.90. The van der Waals surface area contributed by atoms with E-state index >= 15 is 0 Å². The first-order valence-corrected chi connectivity index (χ1v) is 2.86. The topological polar surface area (TPSA) is 83.3 Å². The van der Waals surface area contributed by atoms with Crippen LogP contribution in [0, 0.1) is 0 Å². The third-order valence-electron chi connectivity index (χ3n) is 1.17. The summed E-state index contributed by atoms with van der Waals surface area (Å²) < 4.78 is 39.4. The first kappa shape index (κ1) is 9.36. The van der Waals surface area contributed by atoms with E-state index in [0.29, 0.717) is 0 Å². The molecule has 0 spiro atoms. The van der Waals surface area contributed by atoms with Gasteiger partial charge in [0, 0.05) is 0 Å². The summed E-state index contributed by atoms with van der Waals surface area (Å²) in [5, 5.41) is 9.51. The highest BCUT2D eigenvalue weighted by Gasteiger charge is 2.42. The summed E-state index contributed by atoms with van der Waals surface area (Å²) in [6.45, 7) is 0. The lowest BCUT2D eigenvalue weighted by molar-refractivity contribution is -0.156. The van der Waals surface area contributed by atoms with Crippen LogP contribution in [0.5, 0.6) is 0 Å². The second-order valence-electron chi connectivity index (χ2n) is 2.04. The van der Waals surface area contributed by atoms with Crippen molar-refractivity contribution in [1.29, 1.82) is 0 Å². The molecule has 0 saturated heterocycles. The highest BCUT2D eigenvalue weighted by Crippen LogP contribution is 2.30. The summed E-state index contributed by atoms with van der Waals surface area (Å²) in [5.74, 6) is -3.81. The zero-order valence-electron chi connectivity index (χ0n) is 5.81. The fourth-order valence-electron chi connectivity index (χ4n) is 0.696. The predicted octanol–water partition coefficient (Wildman–Crippen LogP) is 0.685. The van der Waals surface area contributed by atoms with E-state index in [9.17, 15) is 22.8 Å². The largest absolute Gasteiger partial charge is 0.477 e. The molecule has 1 heterocycles. The van der Waals surface area contributed by atoms with E-state index in [0.717, 1.165) is 0 Å². The highest BCUT2D eigenvalue weighted by atomic mass is 19.4. The minimum absolute atomic E-state index is 1.29. The number of halogens is 3. The monoisotopic (exact) mass is 197 g/mol. The van der Waals surface area contributed by atoms with Gasteiger partial charge in [-0.1, -0.05) is 0 Å². The summed E-state index contributed by atoms with van der Waals surface area (Å²) in [5.41, 5.74) is -2.85. The number of H-pyrrole nitrogens is 1. The molecular weight excluding hydrogens is 195 g/mol. The van der Waals surface area contributed by atoms with Gasteiger partial charge in [0.25, 0.3) is 11.3 Å². The molecule has 0 unspecified atom stereocenters. The molecule has 0 fully saturated rings. The molecule has 5 nitrogen and oxygen atoms in total. The Morgan fingerprint density at radius 1 is 1.46 bits per heavy atom. The number of carboxylic acids is 1. The number of nitrogens with one attached hydrogen (secondary N) is 1. The van der Waals surface area contributed by atoms with Gasteiger partial charge in [0.1, 0.15) is 0 Å². The van der Waals surface area contributed by atoms with Crippen molar-refractivity contribution in [3.05, 3.63) is 21.7 Å². The molecule has 1 aromatic heterocycles. The van der Waals surface area contributed by atoms with Gasteiger partial charge in [-0.25, -0.2) is 4.79 Å². The number of carboxylic acid groups (broad SMARTS) is 1. The Labute approximate surface area is 67.7 Å². The van der Waals surface area contributed by atoms with E-state index in [1.807, 2.05) is 0 Å². The first-order valence-electron chi connectivity index (χ1n) is 2.86. The number of aromatic carboxylic acids is 1. The maximum Gasteiger partial charge on any atom is 0.453 e. The fraction of sp³-hybridized carbons (Fsp3) is 0.200. The van der Waals surface area contributed by atoms with E-state index in [2.05, 4.69) is 4.52 Å². The van der Waals surface area contributed by atoms with Crippen LogP contribution in [0.3, 0.4) is 0 Å². The first-order chi connectivity index (χ1) is 5.84. The second kappa shape index (κ2) is 2.64. The van der Waals surface area contributed by atoms with Crippen LogP contribution < -0.4 is 5.56 Å². The molecule has 0 amide bonds. The molecule has 13 heavy (non-hydrogen) atoms. The Morgan fingerprint density at radius 2 is 2.00 bits per heavy atom. The summed E-state index contributed by atoms with van der Waals surface area (Å²) in [4.78, 5) is 20.7. The second-order valence-corrected chi connectivity index (χ2v) is 2.04. The van der Waals surface area contributed by atoms with Crippen LogP contribution in [-0.2, 0) is 6.18 Å². The number of aromatic amines is 1. The summed E-state index contributed by atoms with van der Waals surface area (Å²) in [6, 6.07) is 0. The van der Waals surface area contributed by atoms with Crippen LogP contribution in [0.2, 0.25) is 0 Å². The molecular formula is C5H2F3NO4. The van der Waals surface area contributed by atoms with Gasteiger partial charge in [0.15, 0.2) is 5.56 Å². The summed E-state index contributed by atoms with van der Waals surface area (Å²) in [6.07, 6.45) is -4.99. The van der Waals surface area contributed by atoms with E-state index in [1.165, 1.54) is 5.16 Å². The SMILES string of the molecule is O=C(O)c1c(C(F)(F)F)o[nH]c1=O. The molecule has 0 aromatic carbocycles. The van der Waals surface area contributed by atoms with Gasteiger partial charge in [-0.2, -0.15) is 18.3 Å². The molecule has 0 aliphatic carbocycles. The third-order valence-corrected chi connectivity index (χ3v) is 1.17. The van der Waals surface area contributed by atoms with Crippen molar-refractivity contribution in [1.82, 2.24) is 5.16 Å². The van der Waals surface area contributed by atoms with Crippen LogP contribution in [0.15, 0.2) is 9.32 Å². The Bertz CT molecular complexity index is 387.